The van der Waals surface area contributed by atoms with Crippen molar-refractivity contribution >= 4 is 41.3 Å². The predicted octanol–water partition coefficient (Wildman–Crippen LogP) is 0.472. The zero-order chi connectivity index (χ0) is 21.5. The molecule has 0 bridgehead atoms. The van der Waals surface area contributed by atoms with Crippen molar-refractivity contribution in [3.05, 3.63) is 10.6 Å². The monoisotopic (exact) mass is 443 g/mol. The highest BCUT2D eigenvalue weighted by molar-refractivity contribution is 8.03. The number of thioether (sulfide) groups is 2. The Morgan fingerprint density at radius 3 is 2.66 bits per heavy atom. The minimum atomic E-state index is -1.11. The fraction of sp³-hybridized carbons (Fsp3) is 0.737. The number of carbonyl (C=O) groups excluding carboxylic acids is 2. The zero-order valence-electron chi connectivity index (χ0n) is 17.0. The van der Waals surface area contributed by atoms with Gasteiger partial charge in [0.05, 0.1) is 23.3 Å². The Kier molecular flexibility index (Phi) is 6.87. The molecule has 7 atom stereocenters. The molecule has 0 aromatic heterocycles. The van der Waals surface area contributed by atoms with Gasteiger partial charge in [-0.1, -0.05) is 13.8 Å². The molecular weight excluding hydrogens is 414 g/mol. The third kappa shape index (κ3) is 3.92. The number of aliphatic carboxylic acids is 1. The van der Waals surface area contributed by atoms with Gasteiger partial charge < -0.3 is 25.7 Å². The Hall–Kier alpha value is -1.23. The van der Waals surface area contributed by atoms with Gasteiger partial charge in [0.2, 0.25) is 11.8 Å². The molecule has 10 heteroatoms. The second-order valence-electron chi connectivity index (χ2n) is 7.75. The first-order valence-corrected chi connectivity index (χ1v) is 11.9. The van der Waals surface area contributed by atoms with Crippen LogP contribution in [0, 0.1) is 11.8 Å². The molecule has 2 fully saturated rings. The lowest BCUT2D eigenvalue weighted by atomic mass is 9.79. The maximum atomic E-state index is 12.4. The van der Waals surface area contributed by atoms with Gasteiger partial charge in [-0.2, -0.15) is 0 Å². The molecule has 162 valence electrons. The molecule has 2 saturated heterocycles. The van der Waals surface area contributed by atoms with E-state index in [0.717, 1.165) is 12.2 Å². The van der Waals surface area contributed by atoms with Crippen molar-refractivity contribution in [2.24, 2.45) is 11.8 Å². The fourth-order valence-corrected chi connectivity index (χ4v) is 7.17. The highest BCUT2D eigenvalue weighted by Crippen LogP contribution is 2.52. The lowest BCUT2D eigenvalue weighted by Crippen LogP contribution is -2.63. The van der Waals surface area contributed by atoms with Crippen LogP contribution in [0.5, 0.6) is 0 Å². The number of rotatable bonds is 8. The van der Waals surface area contributed by atoms with Crippen molar-refractivity contribution < 1.29 is 24.6 Å². The maximum absolute atomic E-state index is 12.4. The van der Waals surface area contributed by atoms with Crippen LogP contribution in [0.3, 0.4) is 0 Å². The van der Waals surface area contributed by atoms with Gasteiger partial charge in [-0.15, -0.1) is 23.5 Å². The summed E-state index contributed by atoms with van der Waals surface area (Å²) in [5, 5.41) is 25.8. The second kappa shape index (κ2) is 8.87. The minimum Gasteiger partial charge on any atom is -0.477 e. The predicted molar refractivity (Wildman–Crippen MR) is 113 cm³/mol. The third-order valence-electron chi connectivity index (χ3n) is 5.95. The summed E-state index contributed by atoms with van der Waals surface area (Å²) in [6.45, 7) is 6.20. The van der Waals surface area contributed by atoms with Crippen molar-refractivity contribution in [2.45, 2.75) is 55.9 Å². The fourth-order valence-electron chi connectivity index (χ4n) is 4.61. The van der Waals surface area contributed by atoms with Gasteiger partial charge in [0.15, 0.2) is 0 Å². The summed E-state index contributed by atoms with van der Waals surface area (Å²) in [5.41, 5.74) is 0.0589. The van der Waals surface area contributed by atoms with E-state index in [0.29, 0.717) is 11.4 Å². The van der Waals surface area contributed by atoms with Gasteiger partial charge in [0.1, 0.15) is 5.70 Å². The molecule has 29 heavy (non-hydrogen) atoms. The highest BCUT2D eigenvalue weighted by Gasteiger charge is 2.60. The van der Waals surface area contributed by atoms with Crippen LogP contribution in [0.4, 0.5) is 0 Å². The summed E-state index contributed by atoms with van der Waals surface area (Å²) in [6, 6.07) is -0.276. The van der Waals surface area contributed by atoms with E-state index in [4.69, 9.17) is 0 Å². The summed E-state index contributed by atoms with van der Waals surface area (Å²) in [6.07, 6.45) is -0.0559. The van der Waals surface area contributed by atoms with E-state index in [2.05, 4.69) is 10.6 Å². The van der Waals surface area contributed by atoms with E-state index < -0.39 is 18.0 Å². The maximum Gasteiger partial charge on any atom is 0.353 e. The number of carboxylic acids is 1. The first-order chi connectivity index (χ1) is 13.7. The summed E-state index contributed by atoms with van der Waals surface area (Å²) < 4.78 is 0. The number of aliphatic hydroxyl groups excluding tert-OH is 1. The van der Waals surface area contributed by atoms with Crippen LogP contribution in [0.15, 0.2) is 10.6 Å². The number of hydrogen-bond acceptors (Lipinski definition) is 7. The molecule has 3 aliphatic heterocycles. The summed E-state index contributed by atoms with van der Waals surface area (Å²) >= 11 is 3.10. The van der Waals surface area contributed by atoms with Gasteiger partial charge in [-0.25, -0.2) is 4.79 Å². The topological polar surface area (TPSA) is 119 Å². The van der Waals surface area contributed by atoms with Gasteiger partial charge in [0, 0.05) is 35.7 Å². The molecule has 0 aromatic carbocycles. The smallest absolute Gasteiger partial charge is 0.353 e. The molecule has 4 N–H and O–H groups in total. The standard InChI is InChI=1S/C19H29N3O5S2/c1-5-28-16(17(24)20-4)11-6-10(7-21-11)29-15-8(2)13-12(9(3)23)18(25)22(13)14(15)19(26)27/h8-13,16,21,23H,5-7H2,1-4H3,(H,20,24)(H,26,27)/t8-,9-,10+,11+,12-,13-,16?/m1/s1. The Labute approximate surface area is 179 Å². The molecule has 0 spiro atoms. The van der Waals surface area contributed by atoms with Crippen LogP contribution in [-0.4, -0.2) is 80.9 Å². The van der Waals surface area contributed by atoms with Crippen LogP contribution in [0.2, 0.25) is 0 Å². The molecule has 2 amide bonds. The minimum absolute atomic E-state index is 0.00537. The van der Waals surface area contributed by atoms with Gasteiger partial charge in [0.25, 0.3) is 0 Å². The summed E-state index contributed by atoms with van der Waals surface area (Å²) in [4.78, 5) is 38.7. The number of nitrogens with zero attached hydrogens (tertiary/aromatic N) is 1. The van der Waals surface area contributed by atoms with Crippen molar-refractivity contribution in [1.82, 2.24) is 15.5 Å². The van der Waals surface area contributed by atoms with E-state index >= 15 is 0 Å². The van der Waals surface area contributed by atoms with E-state index in [1.807, 2.05) is 13.8 Å². The van der Waals surface area contributed by atoms with Gasteiger partial charge in [-0.05, 0) is 19.1 Å². The van der Waals surface area contributed by atoms with Crippen molar-refractivity contribution in [3.63, 3.8) is 0 Å². The zero-order valence-corrected chi connectivity index (χ0v) is 18.7. The Balaban J connectivity index is 1.75. The Morgan fingerprint density at radius 2 is 2.10 bits per heavy atom. The van der Waals surface area contributed by atoms with E-state index in [9.17, 15) is 24.6 Å². The Bertz CT molecular complexity index is 729. The number of fused-ring (bicyclic) bond motifs is 1. The number of nitrogens with one attached hydrogen (secondary N) is 2. The lowest BCUT2D eigenvalue weighted by molar-refractivity contribution is -0.163. The molecule has 3 heterocycles. The highest BCUT2D eigenvalue weighted by atomic mass is 32.2. The number of β-lactam (4-membered cyclic amide) rings is 1. The van der Waals surface area contributed by atoms with Gasteiger partial charge in [-0.3, -0.25) is 9.59 Å². The van der Waals surface area contributed by atoms with Crippen LogP contribution in [0.25, 0.3) is 0 Å². The van der Waals surface area contributed by atoms with E-state index in [-0.39, 0.29) is 46.0 Å². The average Bonchev–Trinajstić information content (AvgIpc) is 3.21. The van der Waals surface area contributed by atoms with Crippen LogP contribution >= 0.6 is 23.5 Å². The van der Waals surface area contributed by atoms with Crippen LogP contribution < -0.4 is 10.6 Å². The quantitative estimate of drug-likeness (QED) is 0.400. The summed E-state index contributed by atoms with van der Waals surface area (Å²) in [7, 11) is 1.64. The number of carbonyl (C=O) groups is 3. The number of carboxylic acid groups (broad SMARTS) is 1. The number of amides is 2. The molecule has 1 unspecified atom stereocenters. The lowest BCUT2D eigenvalue weighted by Gasteiger charge is -2.46. The summed E-state index contributed by atoms with van der Waals surface area (Å²) in [5.74, 6) is -1.28. The van der Waals surface area contributed by atoms with Crippen molar-refractivity contribution in [3.8, 4) is 0 Å². The molecule has 0 saturated carbocycles. The molecule has 3 rings (SSSR count). The van der Waals surface area contributed by atoms with Crippen LogP contribution in [-0.2, 0) is 14.4 Å². The molecule has 0 radical (unpaired) electrons. The molecule has 8 nitrogen and oxygen atoms in total. The third-order valence-corrected chi connectivity index (χ3v) is 8.69. The second-order valence-corrected chi connectivity index (χ2v) is 10.5. The van der Waals surface area contributed by atoms with Crippen molar-refractivity contribution in [2.75, 3.05) is 19.3 Å². The Morgan fingerprint density at radius 1 is 1.41 bits per heavy atom. The molecule has 3 aliphatic rings. The average molecular weight is 444 g/mol. The largest absolute Gasteiger partial charge is 0.477 e. The van der Waals surface area contributed by atoms with E-state index in [1.54, 1.807) is 25.7 Å². The first-order valence-electron chi connectivity index (χ1n) is 9.94. The molecular formula is C19H29N3O5S2. The number of hydrogen-bond donors (Lipinski definition) is 4. The van der Waals surface area contributed by atoms with Crippen molar-refractivity contribution in [1.29, 1.82) is 0 Å². The van der Waals surface area contributed by atoms with Gasteiger partial charge >= 0.3 is 5.97 Å². The normalized spacial score (nSPS) is 33.3. The SMILES string of the molecule is CCSC(C(=O)NC)[C@@H]1C[C@H](SC2=C(C(=O)O)N3C(=O)[C@H]([C@@H](C)O)[C@H]3[C@H]2C)CN1. The first kappa shape index (κ1) is 22.5. The molecule has 0 aromatic rings. The molecule has 0 aliphatic carbocycles. The van der Waals surface area contributed by atoms with Crippen LogP contribution in [0.1, 0.15) is 27.2 Å². The van der Waals surface area contributed by atoms with E-state index in [1.165, 1.54) is 16.7 Å². The number of aliphatic hydroxyl groups is 1.